The summed E-state index contributed by atoms with van der Waals surface area (Å²) in [5.41, 5.74) is 7.34. The lowest BCUT2D eigenvalue weighted by Gasteiger charge is -2.07. The van der Waals surface area contributed by atoms with Crippen molar-refractivity contribution >= 4 is 22.7 Å². The molecule has 134 valence electrons. The standard InChI is InChI=1S/C18H16F2N4O2/c1-11(23-26-10-12-6-8-13(9-7-12)16(21)25)17-22-14-4-2-3-5-15(14)24(17)18(19)20/h2-9,18H,10H2,1H3,(H2,21,25)/b23-11-. The van der Waals surface area contributed by atoms with Crippen LogP contribution in [0.2, 0.25) is 0 Å². The molecule has 0 bridgehead atoms. The Morgan fingerprint density at radius 3 is 2.58 bits per heavy atom. The van der Waals surface area contributed by atoms with Crippen LogP contribution < -0.4 is 5.73 Å². The largest absolute Gasteiger partial charge is 0.391 e. The number of para-hydroxylation sites is 2. The summed E-state index contributed by atoms with van der Waals surface area (Å²) in [4.78, 5) is 20.5. The second kappa shape index (κ2) is 7.30. The maximum Gasteiger partial charge on any atom is 0.320 e. The summed E-state index contributed by atoms with van der Waals surface area (Å²) in [5, 5.41) is 3.89. The highest BCUT2D eigenvalue weighted by molar-refractivity contribution is 5.98. The van der Waals surface area contributed by atoms with E-state index in [1.807, 2.05) is 0 Å². The number of imidazole rings is 1. The first-order chi connectivity index (χ1) is 12.5. The van der Waals surface area contributed by atoms with Gasteiger partial charge in [0, 0.05) is 5.56 Å². The smallest absolute Gasteiger partial charge is 0.320 e. The zero-order valence-electron chi connectivity index (χ0n) is 13.9. The lowest BCUT2D eigenvalue weighted by Crippen LogP contribution is -2.10. The Morgan fingerprint density at radius 1 is 1.23 bits per heavy atom. The average molecular weight is 358 g/mol. The van der Waals surface area contributed by atoms with E-state index in [0.29, 0.717) is 16.6 Å². The molecule has 0 aliphatic rings. The SMILES string of the molecule is C/C(=N/OCc1ccc(C(N)=O)cc1)c1nc2ccccc2n1C(F)F. The molecule has 1 amide bonds. The molecule has 0 aliphatic heterocycles. The van der Waals surface area contributed by atoms with Gasteiger partial charge in [0.15, 0.2) is 5.82 Å². The molecule has 0 saturated carbocycles. The number of alkyl halides is 2. The second-order valence-corrected chi connectivity index (χ2v) is 5.58. The molecule has 1 heterocycles. The molecule has 2 aromatic carbocycles. The summed E-state index contributed by atoms with van der Waals surface area (Å²) >= 11 is 0. The van der Waals surface area contributed by atoms with Gasteiger partial charge in [-0.05, 0) is 36.8 Å². The molecule has 0 radical (unpaired) electrons. The van der Waals surface area contributed by atoms with Crippen LogP contribution in [0.3, 0.4) is 0 Å². The van der Waals surface area contributed by atoms with Gasteiger partial charge in [-0.2, -0.15) is 8.78 Å². The van der Waals surface area contributed by atoms with Crippen molar-refractivity contribution in [1.29, 1.82) is 0 Å². The van der Waals surface area contributed by atoms with Gasteiger partial charge in [-0.25, -0.2) is 4.98 Å². The number of amides is 1. The molecule has 3 aromatic rings. The van der Waals surface area contributed by atoms with E-state index in [1.54, 1.807) is 55.5 Å². The summed E-state index contributed by atoms with van der Waals surface area (Å²) in [6, 6.07) is 13.2. The van der Waals surface area contributed by atoms with Crippen LogP contribution in [0.25, 0.3) is 11.0 Å². The van der Waals surface area contributed by atoms with Crippen LogP contribution in [0, 0.1) is 0 Å². The van der Waals surface area contributed by atoms with Crippen LogP contribution in [0.1, 0.15) is 35.2 Å². The van der Waals surface area contributed by atoms with Crippen LogP contribution in [-0.2, 0) is 11.4 Å². The summed E-state index contributed by atoms with van der Waals surface area (Å²) in [7, 11) is 0. The number of fused-ring (bicyclic) bond motifs is 1. The Labute approximate surface area is 147 Å². The van der Waals surface area contributed by atoms with Crippen LogP contribution in [0.4, 0.5) is 8.78 Å². The third kappa shape index (κ3) is 3.53. The molecule has 26 heavy (non-hydrogen) atoms. The number of oxime groups is 1. The lowest BCUT2D eigenvalue weighted by atomic mass is 10.1. The van der Waals surface area contributed by atoms with E-state index in [9.17, 15) is 13.6 Å². The molecule has 6 nitrogen and oxygen atoms in total. The quantitative estimate of drug-likeness (QED) is 0.541. The van der Waals surface area contributed by atoms with Gasteiger partial charge in [0.25, 0.3) is 0 Å². The Bertz CT molecular complexity index is 965. The lowest BCUT2D eigenvalue weighted by molar-refractivity contribution is 0.0735. The predicted octanol–water partition coefficient (Wildman–Crippen LogP) is 3.47. The van der Waals surface area contributed by atoms with Gasteiger partial charge >= 0.3 is 6.55 Å². The first kappa shape index (κ1) is 17.5. The summed E-state index contributed by atoms with van der Waals surface area (Å²) in [5.74, 6) is -0.470. The highest BCUT2D eigenvalue weighted by Gasteiger charge is 2.19. The van der Waals surface area contributed by atoms with E-state index in [2.05, 4.69) is 10.1 Å². The number of hydrogen-bond acceptors (Lipinski definition) is 4. The van der Waals surface area contributed by atoms with Crippen molar-refractivity contribution in [3.63, 3.8) is 0 Å². The Morgan fingerprint density at radius 2 is 1.92 bits per heavy atom. The third-order valence-corrected chi connectivity index (χ3v) is 3.79. The minimum absolute atomic E-state index is 0.0466. The second-order valence-electron chi connectivity index (χ2n) is 5.58. The monoisotopic (exact) mass is 358 g/mol. The van der Waals surface area contributed by atoms with Crippen molar-refractivity contribution in [3.8, 4) is 0 Å². The van der Waals surface area contributed by atoms with E-state index in [-0.39, 0.29) is 18.1 Å². The maximum absolute atomic E-state index is 13.4. The molecule has 0 saturated heterocycles. The van der Waals surface area contributed by atoms with Gasteiger partial charge in [0.2, 0.25) is 5.91 Å². The number of aromatic nitrogens is 2. The topological polar surface area (TPSA) is 82.5 Å². The Balaban J connectivity index is 1.78. The number of benzene rings is 2. The first-order valence-electron chi connectivity index (χ1n) is 7.78. The average Bonchev–Trinajstić information content (AvgIpc) is 3.02. The zero-order valence-corrected chi connectivity index (χ0v) is 13.9. The predicted molar refractivity (Wildman–Crippen MR) is 92.9 cm³/mol. The minimum Gasteiger partial charge on any atom is -0.391 e. The fraction of sp³-hybridized carbons (Fsp3) is 0.167. The number of primary amides is 1. The number of carbonyl (C=O) groups is 1. The van der Waals surface area contributed by atoms with E-state index >= 15 is 0 Å². The number of carbonyl (C=O) groups excluding carboxylic acids is 1. The molecule has 0 fully saturated rings. The van der Waals surface area contributed by atoms with Crippen LogP contribution >= 0.6 is 0 Å². The van der Waals surface area contributed by atoms with Gasteiger partial charge < -0.3 is 10.6 Å². The van der Waals surface area contributed by atoms with Crippen molar-refractivity contribution in [1.82, 2.24) is 9.55 Å². The minimum atomic E-state index is -2.75. The Kier molecular flexibility index (Phi) is 4.92. The van der Waals surface area contributed by atoms with Crippen LogP contribution in [-0.4, -0.2) is 21.2 Å². The number of rotatable bonds is 6. The Hall–Kier alpha value is -3.29. The summed E-state index contributed by atoms with van der Waals surface area (Å²) in [6.45, 7) is -1.08. The normalized spacial score (nSPS) is 11.9. The van der Waals surface area contributed by atoms with E-state index in [0.717, 1.165) is 10.1 Å². The number of nitrogens with two attached hydrogens (primary N) is 1. The highest BCUT2D eigenvalue weighted by atomic mass is 19.3. The van der Waals surface area contributed by atoms with E-state index in [4.69, 9.17) is 10.6 Å². The van der Waals surface area contributed by atoms with Crippen LogP contribution in [0.15, 0.2) is 53.7 Å². The number of nitrogens with zero attached hydrogens (tertiary/aromatic N) is 3. The van der Waals surface area contributed by atoms with Gasteiger partial charge in [-0.3, -0.25) is 9.36 Å². The first-order valence-corrected chi connectivity index (χ1v) is 7.78. The van der Waals surface area contributed by atoms with Gasteiger partial charge in [0.1, 0.15) is 12.3 Å². The molecule has 0 atom stereocenters. The molecule has 2 N–H and O–H groups in total. The molecule has 1 aromatic heterocycles. The van der Waals surface area contributed by atoms with Crippen molar-refractivity contribution in [2.45, 2.75) is 20.1 Å². The van der Waals surface area contributed by atoms with Crippen molar-refractivity contribution in [2.75, 3.05) is 0 Å². The van der Waals surface area contributed by atoms with Crippen molar-refractivity contribution in [3.05, 3.63) is 65.5 Å². The van der Waals surface area contributed by atoms with E-state index < -0.39 is 12.5 Å². The molecular formula is C18H16F2N4O2. The van der Waals surface area contributed by atoms with Crippen molar-refractivity contribution in [2.24, 2.45) is 10.9 Å². The molecule has 0 spiro atoms. The zero-order chi connectivity index (χ0) is 18.7. The highest BCUT2D eigenvalue weighted by Crippen LogP contribution is 2.23. The van der Waals surface area contributed by atoms with Crippen molar-refractivity contribution < 1.29 is 18.4 Å². The molecule has 0 aliphatic carbocycles. The van der Waals surface area contributed by atoms with E-state index in [1.165, 1.54) is 0 Å². The summed E-state index contributed by atoms with van der Waals surface area (Å²) < 4.78 is 27.7. The number of hydrogen-bond donors (Lipinski definition) is 1. The molecule has 0 unspecified atom stereocenters. The van der Waals surface area contributed by atoms with Crippen LogP contribution in [0.5, 0.6) is 0 Å². The maximum atomic E-state index is 13.4. The molecular weight excluding hydrogens is 342 g/mol. The fourth-order valence-corrected chi connectivity index (χ4v) is 2.51. The third-order valence-electron chi connectivity index (χ3n) is 3.79. The number of halogens is 2. The van der Waals surface area contributed by atoms with Gasteiger partial charge in [-0.15, -0.1) is 0 Å². The molecule has 8 heteroatoms. The fourth-order valence-electron chi connectivity index (χ4n) is 2.51. The van der Waals surface area contributed by atoms with Gasteiger partial charge in [0.05, 0.1) is 11.0 Å². The molecule has 3 rings (SSSR count). The summed E-state index contributed by atoms with van der Waals surface area (Å²) in [6.07, 6.45) is 0. The van der Waals surface area contributed by atoms with Gasteiger partial charge in [-0.1, -0.05) is 29.4 Å².